The van der Waals surface area contributed by atoms with E-state index in [1.807, 2.05) is 36.4 Å². The molecular formula is C14H13N3O3S. The first-order valence-electron chi connectivity index (χ1n) is 6.19. The maximum Gasteiger partial charge on any atom is 0.243 e. The van der Waals surface area contributed by atoms with Gasteiger partial charge in [0, 0.05) is 6.26 Å². The van der Waals surface area contributed by atoms with Crippen LogP contribution in [0.15, 0.2) is 41.6 Å². The molecule has 1 N–H and O–H groups in total. The Labute approximate surface area is 121 Å². The number of nitrogens with one attached hydrogen (secondary N) is 1. The fourth-order valence-corrected chi connectivity index (χ4v) is 2.64. The van der Waals surface area contributed by atoms with Crippen molar-refractivity contribution in [2.45, 2.75) is 5.16 Å². The van der Waals surface area contributed by atoms with Gasteiger partial charge in [0.2, 0.25) is 15.0 Å². The lowest BCUT2D eigenvalue weighted by atomic mass is 10.0. The fraction of sp³-hybridized carbons (Fsp3) is 0.143. The summed E-state index contributed by atoms with van der Waals surface area (Å²) in [5, 5.41) is 8.21. The Kier molecular flexibility index (Phi) is 3.13. The number of aromatic nitrogens is 3. The third kappa shape index (κ3) is 2.36. The average Bonchev–Trinajstić information content (AvgIpc) is 2.95. The summed E-state index contributed by atoms with van der Waals surface area (Å²) in [5.74, 6) is 0.886. The number of aromatic amines is 1. The predicted octanol–water partition coefficient (Wildman–Crippen LogP) is 2.04. The Hall–Kier alpha value is -2.41. The molecule has 0 saturated carbocycles. The minimum absolute atomic E-state index is 0.160. The van der Waals surface area contributed by atoms with E-state index in [-0.39, 0.29) is 5.16 Å². The maximum absolute atomic E-state index is 11.5. The summed E-state index contributed by atoms with van der Waals surface area (Å²) in [6, 6.07) is 11.5. The van der Waals surface area contributed by atoms with E-state index in [0.29, 0.717) is 17.1 Å². The molecule has 0 atom stereocenters. The first-order chi connectivity index (χ1) is 10.0. The average molecular weight is 303 g/mol. The van der Waals surface area contributed by atoms with E-state index in [2.05, 4.69) is 15.2 Å². The number of methoxy groups -OCH3 is 1. The molecule has 0 aliphatic carbocycles. The largest absolute Gasteiger partial charge is 0.496 e. The van der Waals surface area contributed by atoms with Crippen LogP contribution in [0.2, 0.25) is 0 Å². The second kappa shape index (κ2) is 4.85. The zero-order valence-corrected chi connectivity index (χ0v) is 12.3. The van der Waals surface area contributed by atoms with Crippen LogP contribution >= 0.6 is 0 Å². The number of benzene rings is 2. The minimum atomic E-state index is -3.43. The summed E-state index contributed by atoms with van der Waals surface area (Å²) in [6.45, 7) is 0. The minimum Gasteiger partial charge on any atom is -0.496 e. The Morgan fingerprint density at radius 1 is 1.14 bits per heavy atom. The number of nitrogens with zero attached hydrogens (tertiary/aromatic N) is 2. The van der Waals surface area contributed by atoms with Crippen molar-refractivity contribution in [3.8, 4) is 17.1 Å². The van der Waals surface area contributed by atoms with E-state index in [1.54, 1.807) is 7.11 Å². The zero-order chi connectivity index (χ0) is 15.0. The highest BCUT2D eigenvalue weighted by Crippen LogP contribution is 2.35. The fourth-order valence-electron chi connectivity index (χ4n) is 2.18. The van der Waals surface area contributed by atoms with Crippen LogP contribution in [0.4, 0.5) is 0 Å². The summed E-state index contributed by atoms with van der Waals surface area (Å²) < 4.78 is 28.4. The van der Waals surface area contributed by atoms with Gasteiger partial charge in [-0.3, -0.25) is 0 Å². The van der Waals surface area contributed by atoms with Gasteiger partial charge in [0.05, 0.1) is 12.7 Å². The molecule has 0 spiro atoms. The Balaban J connectivity index is 2.30. The topological polar surface area (TPSA) is 84.9 Å². The van der Waals surface area contributed by atoms with Crippen LogP contribution in [-0.2, 0) is 9.84 Å². The molecule has 1 aromatic heterocycles. The Morgan fingerprint density at radius 3 is 2.57 bits per heavy atom. The molecule has 0 aliphatic heterocycles. The molecule has 3 aromatic rings. The van der Waals surface area contributed by atoms with Crippen molar-refractivity contribution in [3.05, 3.63) is 36.4 Å². The third-order valence-electron chi connectivity index (χ3n) is 3.15. The molecule has 0 aliphatic rings. The van der Waals surface area contributed by atoms with E-state index < -0.39 is 9.84 Å². The van der Waals surface area contributed by atoms with Crippen molar-refractivity contribution in [2.24, 2.45) is 0 Å². The van der Waals surface area contributed by atoms with Crippen molar-refractivity contribution in [3.63, 3.8) is 0 Å². The lowest BCUT2D eigenvalue weighted by Gasteiger charge is -2.09. The van der Waals surface area contributed by atoms with E-state index in [4.69, 9.17) is 4.74 Å². The first kappa shape index (κ1) is 13.6. The van der Waals surface area contributed by atoms with Gasteiger partial charge in [-0.25, -0.2) is 13.5 Å². The molecule has 2 aromatic carbocycles. The van der Waals surface area contributed by atoms with Gasteiger partial charge < -0.3 is 4.74 Å². The van der Waals surface area contributed by atoms with Crippen LogP contribution in [-0.4, -0.2) is 37.0 Å². The highest BCUT2D eigenvalue weighted by molar-refractivity contribution is 7.90. The van der Waals surface area contributed by atoms with Gasteiger partial charge >= 0.3 is 0 Å². The Morgan fingerprint density at radius 2 is 1.90 bits per heavy atom. The van der Waals surface area contributed by atoms with Crippen molar-refractivity contribution in [1.82, 2.24) is 15.2 Å². The van der Waals surface area contributed by atoms with Gasteiger partial charge in [-0.15, -0.1) is 0 Å². The lowest BCUT2D eigenvalue weighted by molar-refractivity contribution is 0.416. The second-order valence-corrected chi connectivity index (χ2v) is 6.53. The van der Waals surface area contributed by atoms with Crippen molar-refractivity contribution in [1.29, 1.82) is 0 Å². The number of H-pyrrole nitrogens is 1. The summed E-state index contributed by atoms with van der Waals surface area (Å²) in [5.41, 5.74) is 0.668. The number of fused-ring (bicyclic) bond motifs is 1. The van der Waals surface area contributed by atoms with Crippen molar-refractivity contribution >= 4 is 20.6 Å². The van der Waals surface area contributed by atoms with Crippen LogP contribution < -0.4 is 4.74 Å². The molecule has 0 unspecified atom stereocenters. The predicted molar refractivity (Wildman–Crippen MR) is 79.0 cm³/mol. The summed E-state index contributed by atoms with van der Waals surface area (Å²) >= 11 is 0. The molecular weight excluding hydrogens is 290 g/mol. The van der Waals surface area contributed by atoms with Crippen LogP contribution in [0.1, 0.15) is 0 Å². The van der Waals surface area contributed by atoms with Crippen LogP contribution in [0, 0.1) is 0 Å². The molecule has 1 heterocycles. The standard InChI is InChI=1S/C14H13N3O3S/c1-20-11-8-7-9-5-3-4-6-10(9)12(11)13-15-14(17-16-13)21(2,18)19/h3-8H,1-2H3,(H,15,16,17). The van der Waals surface area contributed by atoms with Crippen LogP contribution in [0.5, 0.6) is 5.75 Å². The molecule has 6 nitrogen and oxygen atoms in total. The molecule has 3 rings (SSSR count). The molecule has 108 valence electrons. The highest BCUT2D eigenvalue weighted by atomic mass is 32.2. The van der Waals surface area contributed by atoms with Gasteiger partial charge in [-0.1, -0.05) is 30.3 Å². The van der Waals surface area contributed by atoms with E-state index >= 15 is 0 Å². The van der Waals surface area contributed by atoms with E-state index in [1.165, 1.54) is 0 Å². The lowest BCUT2D eigenvalue weighted by Crippen LogP contribution is -1.99. The van der Waals surface area contributed by atoms with Crippen LogP contribution in [0.25, 0.3) is 22.2 Å². The van der Waals surface area contributed by atoms with Crippen LogP contribution in [0.3, 0.4) is 0 Å². The number of hydrogen-bond donors (Lipinski definition) is 1. The molecule has 0 saturated heterocycles. The molecule has 0 fully saturated rings. The quantitative estimate of drug-likeness (QED) is 0.800. The van der Waals surface area contributed by atoms with Crippen molar-refractivity contribution in [2.75, 3.05) is 13.4 Å². The molecule has 21 heavy (non-hydrogen) atoms. The van der Waals surface area contributed by atoms with Gasteiger partial charge in [0.1, 0.15) is 5.75 Å². The second-order valence-electron chi connectivity index (χ2n) is 4.60. The van der Waals surface area contributed by atoms with Crippen molar-refractivity contribution < 1.29 is 13.2 Å². The monoisotopic (exact) mass is 303 g/mol. The third-order valence-corrected chi connectivity index (χ3v) is 4.04. The molecule has 0 bridgehead atoms. The maximum atomic E-state index is 11.5. The Bertz CT molecular complexity index is 916. The summed E-state index contributed by atoms with van der Waals surface area (Å²) in [4.78, 5) is 4.08. The van der Waals surface area contributed by atoms with Gasteiger partial charge in [0.15, 0.2) is 5.82 Å². The highest BCUT2D eigenvalue weighted by Gasteiger charge is 2.18. The summed E-state index contributed by atoms with van der Waals surface area (Å²) in [6.07, 6.45) is 1.08. The number of ether oxygens (including phenoxy) is 1. The smallest absolute Gasteiger partial charge is 0.243 e. The first-order valence-corrected chi connectivity index (χ1v) is 8.08. The van der Waals surface area contributed by atoms with E-state index in [9.17, 15) is 8.42 Å². The number of rotatable bonds is 3. The zero-order valence-electron chi connectivity index (χ0n) is 11.5. The van der Waals surface area contributed by atoms with Gasteiger partial charge in [-0.2, -0.15) is 10.1 Å². The normalized spacial score (nSPS) is 11.7. The van der Waals surface area contributed by atoms with Gasteiger partial charge in [0.25, 0.3) is 0 Å². The number of sulfone groups is 1. The molecule has 0 radical (unpaired) electrons. The molecule has 0 amide bonds. The van der Waals surface area contributed by atoms with Gasteiger partial charge in [-0.05, 0) is 16.8 Å². The summed E-state index contributed by atoms with van der Waals surface area (Å²) in [7, 11) is -1.88. The number of hydrogen-bond acceptors (Lipinski definition) is 5. The molecule has 7 heteroatoms. The SMILES string of the molecule is COc1ccc2ccccc2c1-c1n[nH]c(S(C)(=O)=O)n1. The van der Waals surface area contributed by atoms with E-state index in [0.717, 1.165) is 17.0 Å².